The number of aliphatic imine (C=N–C) groups is 1. The van der Waals surface area contributed by atoms with Gasteiger partial charge in [-0.3, -0.25) is 0 Å². The van der Waals surface area contributed by atoms with Gasteiger partial charge >= 0.3 is 5.97 Å². The second-order valence-corrected chi connectivity index (χ2v) is 4.39. The second kappa shape index (κ2) is 4.55. The summed E-state index contributed by atoms with van der Waals surface area (Å²) in [4.78, 5) is 15.2. The summed E-state index contributed by atoms with van der Waals surface area (Å²) < 4.78 is 26.4. The number of halogens is 2. The first-order valence-electron chi connectivity index (χ1n) is 5.29. The summed E-state index contributed by atoms with van der Waals surface area (Å²) in [5.41, 5.74) is -1.75. The van der Waals surface area contributed by atoms with E-state index in [-0.39, 0.29) is 11.5 Å². The molecule has 0 aromatic heterocycles. The minimum absolute atomic E-state index is 0.0349. The maximum atomic E-state index is 13.2. The van der Waals surface area contributed by atoms with Crippen molar-refractivity contribution in [2.45, 2.75) is 18.4 Å². The largest absolute Gasteiger partial charge is 0.479 e. The standard InChI is InChI=1S/C12H9F2NO2S/c13-9-3-8(4-10(14)5-9)12(11(16)17,15-6-18)7-1-2-7/h3-5,7H,1-2H2,(H,16,17). The number of carbonyl (C=O) groups is 1. The monoisotopic (exact) mass is 269 g/mol. The zero-order valence-corrected chi connectivity index (χ0v) is 10.0. The Kier molecular flexibility index (Phi) is 3.24. The molecule has 94 valence electrons. The van der Waals surface area contributed by atoms with Gasteiger partial charge in [0, 0.05) is 12.0 Å². The Morgan fingerprint density at radius 2 is 1.94 bits per heavy atom. The Balaban J connectivity index is 2.65. The number of rotatable bonds is 4. The molecule has 6 heteroatoms. The molecule has 1 saturated carbocycles. The van der Waals surface area contributed by atoms with E-state index >= 15 is 0 Å². The van der Waals surface area contributed by atoms with Crippen molar-refractivity contribution in [1.82, 2.24) is 0 Å². The molecule has 3 nitrogen and oxygen atoms in total. The number of carboxylic acids is 1. The van der Waals surface area contributed by atoms with Crippen molar-refractivity contribution < 1.29 is 18.7 Å². The Bertz CT molecular complexity index is 529. The Morgan fingerprint density at radius 3 is 2.33 bits per heavy atom. The lowest BCUT2D eigenvalue weighted by atomic mass is 9.85. The highest BCUT2D eigenvalue weighted by atomic mass is 32.1. The number of carboxylic acid groups (broad SMARTS) is 1. The first-order chi connectivity index (χ1) is 8.50. The van der Waals surface area contributed by atoms with Crippen molar-refractivity contribution in [3.8, 4) is 0 Å². The molecule has 2 rings (SSSR count). The zero-order chi connectivity index (χ0) is 13.3. The Morgan fingerprint density at radius 1 is 1.39 bits per heavy atom. The highest BCUT2D eigenvalue weighted by Gasteiger charge is 2.53. The molecule has 1 aliphatic rings. The fourth-order valence-corrected chi connectivity index (χ4v) is 2.23. The van der Waals surface area contributed by atoms with E-state index in [0.717, 1.165) is 12.1 Å². The maximum absolute atomic E-state index is 13.2. The number of thiocarbonyl (C=S) groups is 1. The third kappa shape index (κ3) is 2.05. The van der Waals surface area contributed by atoms with Gasteiger partial charge in [0.25, 0.3) is 0 Å². The summed E-state index contributed by atoms with van der Waals surface area (Å²) >= 11 is 4.46. The van der Waals surface area contributed by atoms with E-state index in [1.165, 1.54) is 0 Å². The summed E-state index contributed by atoms with van der Waals surface area (Å²) in [5.74, 6) is -3.24. The van der Waals surface area contributed by atoms with Crippen molar-refractivity contribution in [3.05, 3.63) is 35.4 Å². The van der Waals surface area contributed by atoms with E-state index in [1.807, 2.05) is 5.16 Å². The predicted molar refractivity (Wildman–Crippen MR) is 63.4 cm³/mol. The molecule has 1 aromatic carbocycles. The lowest BCUT2D eigenvalue weighted by Gasteiger charge is -2.24. The van der Waals surface area contributed by atoms with E-state index in [0.29, 0.717) is 18.9 Å². The van der Waals surface area contributed by atoms with E-state index < -0.39 is 23.1 Å². The third-order valence-corrected chi connectivity index (χ3v) is 3.11. The Hall–Kier alpha value is -1.65. The number of benzene rings is 1. The van der Waals surface area contributed by atoms with Gasteiger partial charge in [0.2, 0.25) is 0 Å². The van der Waals surface area contributed by atoms with Crippen molar-refractivity contribution in [2.75, 3.05) is 0 Å². The summed E-state index contributed by atoms with van der Waals surface area (Å²) in [6, 6.07) is 2.64. The normalized spacial score (nSPS) is 17.7. The SMILES string of the molecule is O=C(O)C(N=C=S)(c1cc(F)cc(F)c1)C1CC1. The van der Waals surface area contributed by atoms with Crippen molar-refractivity contribution in [3.63, 3.8) is 0 Å². The molecule has 0 heterocycles. The van der Waals surface area contributed by atoms with E-state index in [9.17, 15) is 18.7 Å². The van der Waals surface area contributed by atoms with Crippen LogP contribution in [0, 0.1) is 17.6 Å². The van der Waals surface area contributed by atoms with E-state index in [2.05, 4.69) is 17.2 Å². The second-order valence-electron chi connectivity index (χ2n) is 4.21. The fraction of sp³-hybridized carbons (Fsp3) is 0.333. The highest BCUT2D eigenvalue weighted by molar-refractivity contribution is 7.78. The van der Waals surface area contributed by atoms with Gasteiger partial charge < -0.3 is 5.11 Å². The summed E-state index contributed by atoms with van der Waals surface area (Å²) in [6.07, 6.45) is 1.26. The van der Waals surface area contributed by atoms with E-state index in [4.69, 9.17) is 0 Å². The van der Waals surface area contributed by atoms with Crippen LogP contribution in [0.1, 0.15) is 18.4 Å². The molecule has 18 heavy (non-hydrogen) atoms. The van der Waals surface area contributed by atoms with Crippen LogP contribution in [0.4, 0.5) is 8.78 Å². The molecule has 1 aromatic rings. The van der Waals surface area contributed by atoms with Gasteiger partial charge in [0.15, 0.2) is 5.54 Å². The lowest BCUT2D eigenvalue weighted by Crippen LogP contribution is -2.36. The number of hydrogen-bond donors (Lipinski definition) is 1. The minimum Gasteiger partial charge on any atom is -0.479 e. The van der Waals surface area contributed by atoms with Gasteiger partial charge in [-0.2, -0.15) is 0 Å². The minimum atomic E-state index is -1.72. The zero-order valence-electron chi connectivity index (χ0n) is 9.19. The molecule has 1 N–H and O–H groups in total. The molecule has 0 spiro atoms. The molecule has 0 saturated heterocycles. The van der Waals surface area contributed by atoms with Crippen molar-refractivity contribution in [1.29, 1.82) is 0 Å². The average molecular weight is 269 g/mol. The number of nitrogens with zero attached hydrogens (tertiary/aromatic N) is 1. The van der Waals surface area contributed by atoms with Crippen LogP contribution in [0.25, 0.3) is 0 Å². The molecular weight excluding hydrogens is 260 g/mol. The smallest absolute Gasteiger partial charge is 0.337 e. The molecular formula is C12H9F2NO2S. The van der Waals surface area contributed by atoms with Crippen LogP contribution >= 0.6 is 12.2 Å². The maximum Gasteiger partial charge on any atom is 0.337 e. The van der Waals surface area contributed by atoms with Crippen molar-refractivity contribution in [2.24, 2.45) is 10.9 Å². The van der Waals surface area contributed by atoms with Gasteiger partial charge in [0.05, 0.1) is 5.16 Å². The summed E-state index contributed by atoms with van der Waals surface area (Å²) in [5, 5.41) is 11.4. The van der Waals surface area contributed by atoms with Crippen LogP contribution in [-0.2, 0) is 10.3 Å². The quantitative estimate of drug-likeness (QED) is 0.675. The number of aliphatic carboxylic acids is 1. The number of isothiocyanates is 1. The van der Waals surface area contributed by atoms with Gasteiger partial charge in [-0.05, 0) is 42.8 Å². The van der Waals surface area contributed by atoms with Gasteiger partial charge in [-0.1, -0.05) is 0 Å². The van der Waals surface area contributed by atoms with E-state index in [1.54, 1.807) is 0 Å². The molecule has 0 bridgehead atoms. The molecule has 0 aliphatic heterocycles. The van der Waals surface area contributed by atoms with Gasteiger partial charge in [-0.25, -0.2) is 18.6 Å². The van der Waals surface area contributed by atoms with Crippen LogP contribution in [0.5, 0.6) is 0 Å². The topological polar surface area (TPSA) is 49.7 Å². The summed E-state index contributed by atoms with van der Waals surface area (Å²) in [6.45, 7) is 0. The lowest BCUT2D eigenvalue weighted by molar-refractivity contribution is -0.144. The highest BCUT2D eigenvalue weighted by Crippen LogP contribution is 2.48. The first kappa shape index (κ1) is 12.8. The third-order valence-electron chi connectivity index (χ3n) is 3.02. The van der Waals surface area contributed by atoms with Crippen LogP contribution in [-0.4, -0.2) is 16.2 Å². The van der Waals surface area contributed by atoms with Gasteiger partial charge in [0.1, 0.15) is 11.6 Å². The van der Waals surface area contributed by atoms with Crippen LogP contribution < -0.4 is 0 Å². The molecule has 1 aliphatic carbocycles. The first-order valence-corrected chi connectivity index (χ1v) is 5.70. The van der Waals surface area contributed by atoms with Crippen molar-refractivity contribution >= 4 is 23.3 Å². The predicted octanol–water partition coefficient (Wildman–Crippen LogP) is 2.76. The molecule has 0 amide bonds. The molecule has 0 radical (unpaired) electrons. The number of hydrogen-bond acceptors (Lipinski definition) is 3. The molecule has 1 unspecified atom stereocenters. The molecule has 1 atom stereocenters. The van der Waals surface area contributed by atoms with Gasteiger partial charge in [-0.15, -0.1) is 0 Å². The fourth-order valence-electron chi connectivity index (χ4n) is 2.08. The van der Waals surface area contributed by atoms with Crippen LogP contribution in [0.15, 0.2) is 23.2 Å². The molecule has 1 fully saturated rings. The summed E-state index contributed by atoms with van der Waals surface area (Å²) in [7, 11) is 0. The van der Waals surface area contributed by atoms with Crippen LogP contribution in [0.2, 0.25) is 0 Å². The average Bonchev–Trinajstić information content (AvgIpc) is 3.07. The van der Waals surface area contributed by atoms with Crippen LogP contribution in [0.3, 0.4) is 0 Å². The Labute approximate surface area is 107 Å².